The predicted molar refractivity (Wildman–Crippen MR) is 104 cm³/mol. The third-order valence-corrected chi connectivity index (χ3v) is 5.36. The van der Waals surface area contributed by atoms with Crippen molar-refractivity contribution in [2.75, 3.05) is 26.2 Å². The Kier molecular flexibility index (Phi) is 5.26. The maximum atomic E-state index is 13.3. The minimum Gasteiger partial charge on any atom is -0.314 e. The van der Waals surface area contributed by atoms with Crippen LogP contribution in [0.25, 0.3) is 16.9 Å². The van der Waals surface area contributed by atoms with Gasteiger partial charge in [-0.3, -0.25) is 4.90 Å². The Morgan fingerprint density at radius 3 is 2.50 bits per heavy atom. The van der Waals surface area contributed by atoms with Gasteiger partial charge >= 0.3 is 6.18 Å². The quantitative estimate of drug-likeness (QED) is 0.654. The molecule has 0 aliphatic carbocycles. The molecule has 4 rings (SSSR count). The fourth-order valence-electron chi connectivity index (χ4n) is 3.39. The first-order valence-corrected chi connectivity index (χ1v) is 9.55. The lowest BCUT2D eigenvalue weighted by molar-refractivity contribution is -0.137. The van der Waals surface area contributed by atoms with Crippen LogP contribution in [0.1, 0.15) is 11.3 Å². The Morgan fingerprint density at radius 2 is 1.82 bits per heavy atom. The minimum atomic E-state index is -4.43. The first-order chi connectivity index (χ1) is 13.3. The highest BCUT2D eigenvalue weighted by molar-refractivity contribution is 6.36. The van der Waals surface area contributed by atoms with Gasteiger partial charge < -0.3 is 9.72 Å². The topological polar surface area (TPSA) is 32.6 Å². The average Bonchev–Trinajstić information content (AvgIpc) is 2.99. The average molecular weight is 429 g/mol. The molecule has 0 spiro atoms. The van der Waals surface area contributed by atoms with Gasteiger partial charge in [0.2, 0.25) is 0 Å². The van der Waals surface area contributed by atoms with E-state index in [2.05, 4.69) is 15.2 Å². The molecule has 1 aliphatic heterocycles. The lowest BCUT2D eigenvalue weighted by atomic mass is 10.1. The van der Waals surface area contributed by atoms with Crippen molar-refractivity contribution in [2.24, 2.45) is 0 Å². The monoisotopic (exact) mass is 428 g/mol. The number of hydrogen-bond donors (Lipinski definition) is 1. The molecule has 2 aromatic heterocycles. The Labute approximate surface area is 169 Å². The summed E-state index contributed by atoms with van der Waals surface area (Å²) in [6.45, 7) is 3.75. The standard InChI is InChI=1S/C19H17Cl2F3N4/c20-13-2-3-14(15(21)9-13)18-16(11-27-7-5-25-6-8-27)28-10-12(19(22,23)24)1-4-17(28)26-18/h1-4,9-10,25H,5-8,11H2. The molecule has 3 aromatic rings. The molecule has 4 nitrogen and oxygen atoms in total. The summed E-state index contributed by atoms with van der Waals surface area (Å²) in [6, 6.07) is 7.49. The second kappa shape index (κ2) is 7.55. The summed E-state index contributed by atoms with van der Waals surface area (Å²) in [5.41, 5.74) is 1.62. The number of benzene rings is 1. The molecule has 9 heteroatoms. The number of pyridine rings is 1. The Balaban J connectivity index is 1.88. The smallest absolute Gasteiger partial charge is 0.314 e. The molecule has 0 amide bonds. The van der Waals surface area contributed by atoms with Gasteiger partial charge in [-0.05, 0) is 30.3 Å². The number of piperazine rings is 1. The molecule has 1 N–H and O–H groups in total. The number of hydrogen-bond acceptors (Lipinski definition) is 3. The van der Waals surface area contributed by atoms with Crippen LogP contribution in [0.5, 0.6) is 0 Å². The van der Waals surface area contributed by atoms with Gasteiger partial charge in [0.1, 0.15) is 5.65 Å². The lowest BCUT2D eigenvalue weighted by Crippen LogP contribution is -2.43. The fraction of sp³-hybridized carbons (Fsp3) is 0.316. The molecule has 0 unspecified atom stereocenters. The summed E-state index contributed by atoms with van der Waals surface area (Å²) in [7, 11) is 0. The van der Waals surface area contributed by atoms with E-state index in [1.807, 2.05) is 0 Å². The van der Waals surface area contributed by atoms with Gasteiger partial charge in [-0.15, -0.1) is 0 Å². The van der Waals surface area contributed by atoms with Crippen LogP contribution in [-0.2, 0) is 12.7 Å². The van der Waals surface area contributed by atoms with E-state index in [1.54, 1.807) is 18.2 Å². The summed E-state index contributed by atoms with van der Waals surface area (Å²) in [5, 5.41) is 4.17. The Bertz CT molecular complexity index is 1010. The van der Waals surface area contributed by atoms with E-state index < -0.39 is 11.7 Å². The Hall–Kier alpha value is -1.80. The largest absolute Gasteiger partial charge is 0.417 e. The predicted octanol–water partition coefficient (Wildman–Crippen LogP) is 4.73. The number of imidazole rings is 1. The van der Waals surface area contributed by atoms with Crippen molar-refractivity contribution in [1.29, 1.82) is 0 Å². The van der Waals surface area contributed by atoms with E-state index in [-0.39, 0.29) is 0 Å². The molecule has 1 aromatic carbocycles. The summed E-state index contributed by atoms with van der Waals surface area (Å²) in [6.07, 6.45) is -3.32. The molecule has 0 atom stereocenters. The van der Waals surface area contributed by atoms with Gasteiger partial charge in [0.05, 0.1) is 22.0 Å². The van der Waals surface area contributed by atoms with Crippen molar-refractivity contribution in [3.8, 4) is 11.3 Å². The molecule has 1 aliphatic rings. The number of aromatic nitrogens is 2. The van der Waals surface area contributed by atoms with Crippen LogP contribution in [0.4, 0.5) is 13.2 Å². The zero-order valence-electron chi connectivity index (χ0n) is 14.7. The van der Waals surface area contributed by atoms with Crippen LogP contribution in [0, 0.1) is 0 Å². The zero-order valence-corrected chi connectivity index (χ0v) is 16.2. The molecule has 28 heavy (non-hydrogen) atoms. The highest BCUT2D eigenvalue weighted by atomic mass is 35.5. The van der Waals surface area contributed by atoms with Crippen molar-refractivity contribution < 1.29 is 13.2 Å². The minimum absolute atomic E-state index is 0.411. The van der Waals surface area contributed by atoms with Gasteiger partial charge in [-0.1, -0.05) is 23.2 Å². The number of rotatable bonds is 3. The normalized spacial score (nSPS) is 16.0. The van der Waals surface area contributed by atoms with Crippen molar-refractivity contribution in [3.63, 3.8) is 0 Å². The van der Waals surface area contributed by atoms with Gasteiger partial charge in [0.25, 0.3) is 0 Å². The van der Waals surface area contributed by atoms with Crippen LogP contribution >= 0.6 is 23.2 Å². The summed E-state index contributed by atoms with van der Waals surface area (Å²) >= 11 is 12.4. The first kappa shape index (κ1) is 19.5. The summed E-state index contributed by atoms with van der Waals surface area (Å²) in [4.78, 5) is 6.78. The first-order valence-electron chi connectivity index (χ1n) is 8.79. The molecule has 1 saturated heterocycles. The number of fused-ring (bicyclic) bond motifs is 1. The van der Waals surface area contributed by atoms with Gasteiger partial charge in [-0.2, -0.15) is 13.2 Å². The van der Waals surface area contributed by atoms with Crippen molar-refractivity contribution >= 4 is 28.8 Å². The van der Waals surface area contributed by atoms with Crippen molar-refractivity contribution in [1.82, 2.24) is 19.6 Å². The van der Waals surface area contributed by atoms with E-state index in [4.69, 9.17) is 23.2 Å². The summed E-state index contributed by atoms with van der Waals surface area (Å²) < 4.78 is 41.3. The third-order valence-electron chi connectivity index (χ3n) is 4.81. The van der Waals surface area contributed by atoms with Gasteiger partial charge in [0.15, 0.2) is 0 Å². The molecular formula is C19H17Cl2F3N4. The van der Waals surface area contributed by atoms with Crippen LogP contribution in [0.3, 0.4) is 0 Å². The Morgan fingerprint density at radius 1 is 1.07 bits per heavy atom. The van der Waals surface area contributed by atoms with Crippen LogP contribution in [-0.4, -0.2) is 40.5 Å². The zero-order chi connectivity index (χ0) is 19.9. The molecular weight excluding hydrogens is 412 g/mol. The van der Waals surface area contributed by atoms with E-state index in [0.29, 0.717) is 39.2 Å². The highest BCUT2D eigenvalue weighted by Gasteiger charge is 2.31. The maximum Gasteiger partial charge on any atom is 0.417 e. The molecule has 0 radical (unpaired) electrons. The molecule has 0 bridgehead atoms. The molecule has 3 heterocycles. The van der Waals surface area contributed by atoms with Crippen LogP contribution < -0.4 is 5.32 Å². The van der Waals surface area contributed by atoms with Crippen LogP contribution in [0.2, 0.25) is 10.0 Å². The van der Waals surface area contributed by atoms with Gasteiger partial charge in [-0.25, -0.2) is 4.98 Å². The number of alkyl halides is 3. The van der Waals surface area contributed by atoms with Crippen molar-refractivity contribution in [3.05, 3.63) is 57.8 Å². The molecule has 1 fully saturated rings. The molecule has 148 valence electrons. The van der Waals surface area contributed by atoms with E-state index in [0.717, 1.165) is 38.4 Å². The number of nitrogens with zero attached hydrogens (tertiary/aromatic N) is 3. The summed E-state index contributed by atoms with van der Waals surface area (Å²) in [5.74, 6) is 0. The van der Waals surface area contributed by atoms with Crippen LogP contribution in [0.15, 0.2) is 36.5 Å². The van der Waals surface area contributed by atoms with E-state index in [1.165, 1.54) is 10.5 Å². The second-order valence-electron chi connectivity index (χ2n) is 6.70. The van der Waals surface area contributed by atoms with E-state index >= 15 is 0 Å². The van der Waals surface area contributed by atoms with Crippen molar-refractivity contribution in [2.45, 2.75) is 12.7 Å². The SMILES string of the molecule is FC(F)(F)c1ccc2nc(-c3ccc(Cl)cc3Cl)c(CN3CCNCC3)n2c1. The fourth-order valence-corrected chi connectivity index (χ4v) is 3.89. The highest BCUT2D eigenvalue weighted by Crippen LogP contribution is 2.35. The third kappa shape index (κ3) is 3.85. The second-order valence-corrected chi connectivity index (χ2v) is 7.54. The van der Waals surface area contributed by atoms with Gasteiger partial charge in [0, 0.05) is 49.5 Å². The molecule has 0 saturated carbocycles. The number of nitrogens with one attached hydrogen (secondary N) is 1. The lowest BCUT2D eigenvalue weighted by Gasteiger charge is -2.27. The number of halogens is 5. The maximum absolute atomic E-state index is 13.3. The van der Waals surface area contributed by atoms with E-state index in [9.17, 15) is 13.2 Å².